The minimum atomic E-state index is -0.684. The molecule has 0 aliphatic heterocycles. The van der Waals surface area contributed by atoms with Crippen LogP contribution in [-0.2, 0) is 0 Å². The average molecular weight is 523 g/mol. The van der Waals surface area contributed by atoms with E-state index in [2.05, 4.69) is 15.6 Å². The number of nitrogens with one attached hydrogen (secondary N) is 2. The van der Waals surface area contributed by atoms with E-state index in [1.165, 1.54) is 0 Å². The first kappa shape index (κ1) is 24.9. The molecular formula is C28H38N6O2S. The van der Waals surface area contributed by atoms with Gasteiger partial charge in [-0.15, -0.1) is 11.3 Å². The highest BCUT2D eigenvalue weighted by atomic mass is 32.1. The Morgan fingerprint density at radius 1 is 0.973 bits per heavy atom. The molecule has 0 saturated heterocycles. The lowest BCUT2D eigenvalue weighted by Crippen LogP contribution is -2.34. The van der Waals surface area contributed by atoms with Crippen LogP contribution >= 0.6 is 11.3 Å². The Bertz CT molecular complexity index is 1280. The van der Waals surface area contributed by atoms with E-state index in [-0.39, 0.29) is 6.04 Å². The Morgan fingerprint density at radius 2 is 1.73 bits per heavy atom. The average Bonchev–Trinajstić information content (AvgIpc) is 3.66. The van der Waals surface area contributed by atoms with Crippen LogP contribution in [0.5, 0.6) is 0 Å². The lowest BCUT2D eigenvalue weighted by atomic mass is 9.84. The molecule has 3 aromatic heterocycles. The second-order valence-electron chi connectivity index (χ2n) is 11.6. The molecule has 0 bridgehead atoms. The van der Waals surface area contributed by atoms with Gasteiger partial charge in [0, 0.05) is 18.8 Å². The number of anilines is 2. The third kappa shape index (κ3) is 4.93. The standard InChI is InChI=1S/C28H38N6O2S/c1-17-22(25-33-23-18(2)29-14-9-21(23)37-25)24(34-26(31-17)30-16-27(35)10-3-4-11-27)32-20-8-7-19(15-20)28(36)12-5-6-13-28/h9,14,19-20,35-36H,3-8,10-13,15-16H2,1-2H3,(H2,30,31,32,34). The summed E-state index contributed by atoms with van der Waals surface area (Å²) >= 11 is 1.64. The van der Waals surface area contributed by atoms with Crippen LogP contribution in [0.15, 0.2) is 12.3 Å². The summed E-state index contributed by atoms with van der Waals surface area (Å²) in [5.74, 6) is 1.65. The van der Waals surface area contributed by atoms with Gasteiger partial charge in [0.15, 0.2) is 0 Å². The number of hydrogen-bond donors (Lipinski definition) is 4. The van der Waals surface area contributed by atoms with Crippen LogP contribution in [0.2, 0.25) is 0 Å². The highest BCUT2D eigenvalue weighted by Crippen LogP contribution is 2.45. The van der Waals surface area contributed by atoms with Crippen molar-refractivity contribution in [3.05, 3.63) is 23.7 Å². The molecule has 0 spiro atoms. The smallest absolute Gasteiger partial charge is 0.225 e. The normalized spacial score (nSPS) is 24.6. The maximum Gasteiger partial charge on any atom is 0.225 e. The Balaban J connectivity index is 1.31. The van der Waals surface area contributed by atoms with Crippen molar-refractivity contribution in [3.8, 4) is 10.6 Å². The number of nitrogens with zero attached hydrogens (tertiary/aromatic N) is 4. The minimum Gasteiger partial charge on any atom is -0.390 e. The fourth-order valence-corrected chi connectivity index (χ4v) is 7.85. The molecule has 3 fully saturated rings. The fraction of sp³-hybridized carbons (Fsp3) is 0.643. The third-order valence-electron chi connectivity index (χ3n) is 8.91. The van der Waals surface area contributed by atoms with Gasteiger partial charge in [0.1, 0.15) is 16.3 Å². The minimum absolute atomic E-state index is 0.243. The van der Waals surface area contributed by atoms with E-state index < -0.39 is 11.2 Å². The SMILES string of the molecule is Cc1nc(NCC2(O)CCCC2)nc(NC2CCC(C3(O)CCCC3)C2)c1-c1nc2c(C)nccc2s1. The molecule has 4 N–H and O–H groups in total. The van der Waals surface area contributed by atoms with Crippen molar-refractivity contribution >= 4 is 33.3 Å². The van der Waals surface area contributed by atoms with Crippen molar-refractivity contribution in [3.63, 3.8) is 0 Å². The molecule has 3 saturated carbocycles. The number of hydrogen-bond acceptors (Lipinski definition) is 9. The fourth-order valence-electron chi connectivity index (χ4n) is 6.74. The number of rotatable bonds is 7. The van der Waals surface area contributed by atoms with Crippen molar-refractivity contribution in [1.29, 1.82) is 0 Å². The molecule has 9 heteroatoms. The molecule has 198 valence electrons. The number of aryl methyl sites for hydroxylation is 2. The van der Waals surface area contributed by atoms with E-state index >= 15 is 0 Å². The third-order valence-corrected chi connectivity index (χ3v) is 9.94. The second kappa shape index (κ2) is 9.75. The monoisotopic (exact) mass is 522 g/mol. The first-order valence-electron chi connectivity index (χ1n) is 13.9. The Morgan fingerprint density at radius 3 is 2.49 bits per heavy atom. The maximum absolute atomic E-state index is 11.2. The molecule has 3 aliphatic carbocycles. The van der Waals surface area contributed by atoms with Crippen molar-refractivity contribution < 1.29 is 10.2 Å². The Labute approximate surface area is 222 Å². The molecule has 0 aromatic carbocycles. The van der Waals surface area contributed by atoms with Gasteiger partial charge in [-0.05, 0) is 70.8 Å². The summed E-state index contributed by atoms with van der Waals surface area (Å²) in [4.78, 5) is 19.1. The van der Waals surface area contributed by atoms with Gasteiger partial charge < -0.3 is 20.8 Å². The molecule has 3 aliphatic rings. The molecule has 2 atom stereocenters. The molecule has 8 nitrogen and oxygen atoms in total. The van der Waals surface area contributed by atoms with Gasteiger partial charge in [-0.2, -0.15) is 4.98 Å². The van der Waals surface area contributed by atoms with Crippen molar-refractivity contribution in [2.75, 3.05) is 17.2 Å². The lowest BCUT2D eigenvalue weighted by molar-refractivity contribution is -0.00995. The van der Waals surface area contributed by atoms with E-state index in [1.54, 1.807) is 11.3 Å². The maximum atomic E-state index is 11.2. The number of aromatic nitrogens is 4. The van der Waals surface area contributed by atoms with E-state index in [4.69, 9.17) is 15.0 Å². The summed E-state index contributed by atoms with van der Waals surface area (Å²) < 4.78 is 1.10. The van der Waals surface area contributed by atoms with Crippen LogP contribution in [0.25, 0.3) is 20.8 Å². The molecule has 37 heavy (non-hydrogen) atoms. The lowest BCUT2D eigenvalue weighted by Gasteiger charge is -2.29. The molecule has 2 unspecified atom stereocenters. The quantitative estimate of drug-likeness (QED) is 0.327. The molecule has 0 radical (unpaired) electrons. The Kier molecular flexibility index (Phi) is 6.57. The van der Waals surface area contributed by atoms with Crippen LogP contribution in [0.4, 0.5) is 11.8 Å². The largest absolute Gasteiger partial charge is 0.390 e. The molecular weight excluding hydrogens is 484 g/mol. The van der Waals surface area contributed by atoms with Crippen LogP contribution in [0.1, 0.15) is 82.0 Å². The number of fused-ring (bicyclic) bond motifs is 1. The second-order valence-corrected chi connectivity index (χ2v) is 12.6. The van der Waals surface area contributed by atoms with Crippen LogP contribution in [-0.4, -0.2) is 53.9 Å². The van der Waals surface area contributed by atoms with Crippen molar-refractivity contribution in [1.82, 2.24) is 19.9 Å². The van der Waals surface area contributed by atoms with Gasteiger partial charge in [0.05, 0.1) is 32.9 Å². The van der Waals surface area contributed by atoms with Gasteiger partial charge in [0.2, 0.25) is 5.95 Å². The van der Waals surface area contributed by atoms with Crippen molar-refractivity contribution in [2.45, 2.75) is 102 Å². The van der Waals surface area contributed by atoms with E-state index in [1.807, 2.05) is 26.1 Å². The van der Waals surface area contributed by atoms with Crippen LogP contribution in [0, 0.1) is 19.8 Å². The summed E-state index contributed by atoms with van der Waals surface area (Å²) in [6.07, 6.45) is 12.7. The predicted molar refractivity (Wildman–Crippen MR) is 148 cm³/mol. The zero-order valence-electron chi connectivity index (χ0n) is 21.9. The summed E-state index contributed by atoms with van der Waals surface area (Å²) in [7, 11) is 0. The Hall–Kier alpha value is -2.36. The van der Waals surface area contributed by atoms with E-state index in [0.717, 1.165) is 109 Å². The zero-order valence-corrected chi connectivity index (χ0v) is 22.7. The first-order chi connectivity index (χ1) is 17.8. The predicted octanol–water partition coefficient (Wildman–Crippen LogP) is 5.37. The highest BCUT2D eigenvalue weighted by molar-refractivity contribution is 7.21. The summed E-state index contributed by atoms with van der Waals surface area (Å²) in [6.45, 7) is 4.45. The number of aliphatic hydroxyl groups is 2. The summed E-state index contributed by atoms with van der Waals surface area (Å²) in [5.41, 5.74) is 2.43. The van der Waals surface area contributed by atoms with Gasteiger partial charge >= 0.3 is 0 Å². The van der Waals surface area contributed by atoms with Crippen molar-refractivity contribution in [2.24, 2.45) is 5.92 Å². The molecule has 0 amide bonds. The summed E-state index contributed by atoms with van der Waals surface area (Å²) in [5, 5.41) is 30.0. The molecule has 3 heterocycles. The van der Waals surface area contributed by atoms with Crippen LogP contribution < -0.4 is 10.6 Å². The summed E-state index contributed by atoms with van der Waals surface area (Å²) in [6, 6.07) is 2.25. The topological polar surface area (TPSA) is 116 Å². The van der Waals surface area contributed by atoms with Gasteiger partial charge in [-0.25, -0.2) is 9.97 Å². The zero-order chi connectivity index (χ0) is 25.6. The molecule has 3 aromatic rings. The van der Waals surface area contributed by atoms with Gasteiger partial charge in [-0.3, -0.25) is 4.98 Å². The number of pyridine rings is 1. The van der Waals surface area contributed by atoms with Crippen LogP contribution in [0.3, 0.4) is 0 Å². The van der Waals surface area contributed by atoms with E-state index in [9.17, 15) is 10.2 Å². The molecule has 6 rings (SSSR count). The number of thiazole rings is 1. The van der Waals surface area contributed by atoms with Gasteiger partial charge in [-0.1, -0.05) is 25.7 Å². The first-order valence-corrected chi connectivity index (χ1v) is 14.7. The van der Waals surface area contributed by atoms with E-state index in [0.29, 0.717) is 18.4 Å². The van der Waals surface area contributed by atoms with Gasteiger partial charge in [0.25, 0.3) is 0 Å². The highest BCUT2D eigenvalue weighted by Gasteiger charge is 2.43.